The maximum Gasteiger partial charge on any atom is 0.261 e. The minimum absolute atomic E-state index is 0.140. The molecule has 0 aromatic heterocycles. The zero-order valence-electron chi connectivity index (χ0n) is 19.0. The second-order valence-corrected chi connectivity index (χ2v) is 7.96. The lowest BCUT2D eigenvalue weighted by Gasteiger charge is -2.27. The largest absolute Gasteiger partial charge is 0.494 e. The number of carbonyl (C=O) groups is 3. The second-order valence-electron chi connectivity index (χ2n) is 7.96. The first kappa shape index (κ1) is 23.0. The van der Waals surface area contributed by atoms with Crippen molar-refractivity contribution in [3.05, 3.63) is 71.8 Å². The van der Waals surface area contributed by atoms with Crippen molar-refractivity contribution in [2.75, 3.05) is 24.6 Å². The summed E-state index contributed by atoms with van der Waals surface area (Å²) in [6.45, 7) is 2.85. The van der Waals surface area contributed by atoms with Gasteiger partial charge in [0, 0.05) is 41.7 Å². The number of anilines is 1. The predicted octanol–water partition coefficient (Wildman–Crippen LogP) is 4.56. The molecule has 1 heterocycles. The van der Waals surface area contributed by atoms with Crippen molar-refractivity contribution in [3.8, 4) is 11.8 Å². The summed E-state index contributed by atoms with van der Waals surface area (Å²) < 4.78 is 5.45. The molecule has 0 saturated heterocycles. The number of hydrogen-bond donors (Lipinski definition) is 0. The topological polar surface area (TPSA) is 90.7 Å². The van der Waals surface area contributed by atoms with E-state index in [2.05, 4.69) is 6.07 Å². The summed E-state index contributed by atoms with van der Waals surface area (Å²) in [7, 11) is 0. The average molecular weight is 456 g/mol. The van der Waals surface area contributed by atoms with Gasteiger partial charge in [0.05, 0.1) is 19.1 Å². The van der Waals surface area contributed by atoms with E-state index in [-0.39, 0.29) is 43.7 Å². The molecule has 7 heteroatoms. The molecule has 0 fully saturated rings. The quantitative estimate of drug-likeness (QED) is 0.441. The van der Waals surface area contributed by atoms with Gasteiger partial charge in [0.2, 0.25) is 5.91 Å². The van der Waals surface area contributed by atoms with Gasteiger partial charge >= 0.3 is 0 Å². The van der Waals surface area contributed by atoms with Gasteiger partial charge < -0.3 is 9.64 Å². The smallest absolute Gasteiger partial charge is 0.261 e. The maximum absolute atomic E-state index is 13.0. The van der Waals surface area contributed by atoms with Crippen LogP contribution in [-0.2, 0) is 4.79 Å². The number of imide groups is 1. The summed E-state index contributed by atoms with van der Waals surface area (Å²) in [5, 5.41) is 10.6. The number of rotatable bonds is 9. The molecule has 4 rings (SSSR count). The number of ether oxygens (including phenoxy) is 1. The van der Waals surface area contributed by atoms with Gasteiger partial charge in [-0.25, -0.2) is 0 Å². The van der Waals surface area contributed by atoms with Crippen molar-refractivity contribution in [2.45, 2.75) is 26.2 Å². The van der Waals surface area contributed by atoms with Crippen LogP contribution in [0.2, 0.25) is 0 Å². The van der Waals surface area contributed by atoms with Crippen LogP contribution in [0.5, 0.6) is 5.75 Å². The van der Waals surface area contributed by atoms with E-state index in [9.17, 15) is 14.4 Å². The average Bonchev–Trinajstić information content (AvgIpc) is 2.86. The lowest BCUT2D eigenvalue weighted by atomic mass is 9.94. The van der Waals surface area contributed by atoms with Crippen LogP contribution in [0.3, 0.4) is 0 Å². The van der Waals surface area contributed by atoms with E-state index >= 15 is 0 Å². The highest BCUT2D eigenvalue weighted by atomic mass is 16.5. The SMILES string of the molecule is CCOc1ccc(N(CCC#N)C(=O)CCCN2C(=O)c3cccc4cccc(c34)C2=O)cc1. The van der Waals surface area contributed by atoms with Gasteiger partial charge in [-0.2, -0.15) is 5.26 Å². The molecular formula is C27H25N3O4. The fourth-order valence-electron chi connectivity index (χ4n) is 4.26. The minimum Gasteiger partial charge on any atom is -0.494 e. The Morgan fingerprint density at radius 3 is 2.24 bits per heavy atom. The van der Waals surface area contributed by atoms with Gasteiger partial charge in [0.15, 0.2) is 0 Å². The predicted molar refractivity (Wildman–Crippen MR) is 129 cm³/mol. The number of hydrogen-bond acceptors (Lipinski definition) is 5. The first-order chi connectivity index (χ1) is 16.5. The van der Waals surface area contributed by atoms with E-state index in [1.54, 1.807) is 53.4 Å². The molecule has 0 unspecified atom stereocenters. The zero-order chi connectivity index (χ0) is 24.1. The second kappa shape index (κ2) is 10.2. The lowest BCUT2D eigenvalue weighted by molar-refractivity contribution is -0.118. The Labute approximate surface area is 198 Å². The summed E-state index contributed by atoms with van der Waals surface area (Å²) >= 11 is 0. The van der Waals surface area contributed by atoms with Gasteiger partial charge in [-0.3, -0.25) is 19.3 Å². The highest BCUT2D eigenvalue weighted by Gasteiger charge is 2.32. The van der Waals surface area contributed by atoms with E-state index in [1.807, 2.05) is 19.1 Å². The monoisotopic (exact) mass is 455 g/mol. The molecular weight excluding hydrogens is 430 g/mol. The van der Waals surface area contributed by atoms with E-state index in [0.29, 0.717) is 41.0 Å². The lowest BCUT2D eigenvalue weighted by Crippen LogP contribution is -2.41. The fourth-order valence-corrected chi connectivity index (χ4v) is 4.26. The summed E-state index contributed by atoms with van der Waals surface area (Å²) in [5.74, 6) is -0.139. The molecule has 0 aliphatic carbocycles. The van der Waals surface area contributed by atoms with Gasteiger partial charge in [-0.15, -0.1) is 0 Å². The standard InChI is InChI=1S/C27H25N3O4/c1-2-34-21-14-12-20(13-15-21)29(18-6-16-28)24(31)11-5-17-30-26(32)22-9-3-7-19-8-4-10-23(25(19)22)27(30)33/h3-4,7-10,12-15H,2,5-6,11,17-18H2,1H3. The molecule has 0 radical (unpaired) electrons. The molecule has 0 spiro atoms. The molecule has 34 heavy (non-hydrogen) atoms. The third-order valence-electron chi connectivity index (χ3n) is 5.84. The molecule has 3 aromatic rings. The Bertz CT molecular complexity index is 1230. The van der Waals surface area contributed by atoms with E-state index in [4.69, 9.17) is 10.00 Å². The van der Waals surface area contributed by atoms with Crippen molar-refractivity contribution in [1.82, 2.24) is 4.90 Å². The van der Waals surface area contributed by atoms with Crippen molar-refractivity contribution in [2.24, 2.45) is 0 Å². The highest BCUT2D eigenvalue weighted by Crippen LogP contribution is 2.30. The molecule has 3 amide bonds. The Kier molecular flexibility index (Phi) is 6.88. The first-order valence-corrected chi connectivity index (χ1v) is 11.3. The van der Waals surface area contributed by atoms with E-state index in [1.165, 1.54) is 4.90 Å². The Morgan fingerprint density at radius 1 is 1.00 bits per heavy atom. The maximum atomic E-state index is 13.0. The fraction of sp³-hybridized carbons (Fsp3) is 0.259. The van der Waals surface area contributed by atoms with Crippen LogP contribution < -0.4 is 9.64 Å². The van der Waals surface area contributed by atoms with Gasteiger partial charge in [-0.1, -0.05) is 24.3 Å². The van der Waals surface area contributed by atoms with Crippen molar-refractivity contribution >= 4 is 34.2 Å². The number of benzene rings is 3. The number of carbonyl (C=O) groups excluding carboxylic acids is 3. The zero-order valence-corrected chi connectivity index (χ0v) is 19.0. The molecule has 7 nitrogen and oxygen atoms in total. The summed E-state index contributed by atoms with van der Waals surface area (Å²) in [4.78, 5) is 41.9. The Hall–Kier alpha value is -4.18. The molecule has 0 atom stereocenters. The van der Waals surface area contributed by atoms with Crippen LogP contribution in [0.1, 0.15) is 46.9 Å². The molecule has 0 bridgehead atoms. The van der Waals surface area contributed by atoms with E-state index < -0.39 is 0 Å². The van der Waals surface area contributed by atoms with Crippen LogP contribution in [0.4, 0.5) is 5.69 Å². The summed E-state index contributed by atoms with van der Waals surface area (Å²) in [6, 6.07) is 20.1. The van der Waals surface area contributed by atoms with Crippen molar-refractivity contribution < 1.29 is 19.1 Å². The molecule has 0 saturated carbocycles. The van der Waals surface area contributed by atoms with Crippen LogP contribution in [-0.4, -0.2) is 42.3 Å². The summed E-state index contributed by atoms with van der Waals surface area (Å²) in [5.41, 5.74) is 1.68. The number of nitrogens with zero attached hydrogens (tertiary/aromatic N) is 3. The Balaban J connectivity index is 1.45. The van der Waals surface area contributed by atoms with Gasteiger partial charge in [0.1, 0.15) is 5.75 Å². The number of nitriles is 1. The third-order valence-corrected chi connectivity index (χ3v) is 5.84. The molecule has 172 valence electrons. The van der Waals surface area contributed by atoms with Crippen LogP contribution in [0.15, 0.2) is 60.7 Å². The number of amides is 3. The van der Waals surface area contributed by atoms with Gasteiger partial charge in [0.25, 0.3) is 11.8 Å². The minimum atomic E-state index is -0.338. The van der Waals surface area contributed by atoms with Crippen LogP contribution in [0.25, 0.3) is 10.8 Å². The highest BCUT2D eigenvalue weighted by molar-refractivity contribution is 6.25. The Morgan fingerprint density at radius 2 is 1.65 bits per heavy atom. The van der Waals surface area contributed by atoms with E-state index in [0.717, 1.165) is 5.39 Å². The van der Waals surface area contributed by atoms with Crippen LogP contribution in [0, 0.1) is 11.3 Å². The van der Waals surface area contributed by atoms with Gasteiger partial charge in [-0.05, 0) is 55.1 Å². The van der Waals surface area contributed by atoms with Crippen LogP contribution >= 0.6 is 0 Å². The molecule has 1 aliphatic rings. The van der Waals surface area contributed by atoms with Crippen molar-refractivity contribution in [3.63, 3.8) is 0 Å². The third kappa shape index (κ3) is 4.48. The molecule has 3 aromatic carbocycles. The van der Waals surface area contributed by atoms with Crippen molar-refractivity contribution in [1.29, 1.82) is 5.26 Å². The summed E-state index contributed by atoms with van der Waals surface area (Å²) in [6.07, 6.45) is 0.666. The molecule has 1 aliphatic heterocycles. The molecule has 0 N–H and O–H groups in total. The normalized spacial score (nSPS) is 12.5. The first-order valence-electron chi connectivity index (χ1n) is 11.3.